The van der Waals surface area contributed by atoms with Gasteiger partial charge in [0, 0.05) is 5.69 Å². The standard InChI is InChI=1S/C18H20F3NO4/c1-12(26-10-9-23)17(8-3-2-7-15(17)16(24)25)22-14-6-4-5-13(11-14)18(19,20)21/h2-8,11-12,15,22-23H,9-10H2,1H3,(H,24,25). The SMILES string of the molecule is CC(OCCO)C1(Nc2cccc(C(F)(F)F)c2)C=CC=CC1C(=O)O. The number of aliphatic hydroxyl groups is 1. The monoisotopic (exact) mass is 371 g/mol. The van der Waals surface area contributed by atoms with Gasteiger partial charge in [0.25, 0.3) is 0 Å². The summed E-state index contributed by atoms with van der Waals surface area (Å²) < 4.78 is 44.4. The van der Waals surface area contributed by atoms with Crippen LogP contribution in [0.4, 0.5) is 18.9 Å². The van der Waals surface area contributed by atoms with E-state index in [1.165, 1.54) is 18.2 Å². The van der Waals surface area contributed by atoms with Crippen LogP contribution in [-0.4, -0.2) is 41.0 Å². The number of rotatable bonds is 7. The van der Waals surface area contributed by atoms with Gasteiger partial charge in [0.1, 0.15) is 5.92 Å². The summed E-state index contributed by atoms with van der Waals surface area (Å²) >= 11 is 0. The van der Waals surface area contributed by atoms with Crippen molar-refractivity contribution in [2.24, 2.45) is 5.92 Å². The molecule has 0 saturated heterocycles. The second-order valence-electron chi connectivity index (χ2n) is 5.93. The van der Waals surface area contributed by atoms with Gasteiger partial charge in [0.05, 0.1) is 30.4 Å². The molecule has 0 radical (unpaired) electrons. The molecule has 2 rings (SSSR count). The number of benzene rings is 1. The van der Waals surface area contributed by atoms with Gasteiger partial charge in [-0.15, -0.1) is 0 Å². The molecule has 0 amide bonds. The number of aliphatic carboxylic acids is 1. The number of allylic oxidation sites excluding steroid dienone is 2. The van der Waals surface area contributed by atoms with Gasteiger partial charge in [-0.25, -0.2) is 0 Å². The average Bonchev–Trinajstić information content (AvgIpc) is 2.59. The third-order valence-electron chi connectivity index (χ3n) is 4.25. The smallest absolute Gasteiger partial charge is 0.416 e. The lowest BCUT2D eigenvalue weighted by atomic mass is 9.76. The maximum atomic E-state index is 13.0. The van der Waals surface area contributed by atoms with Crippen LogP contribution in [0.2, 0.25) is 0 Å². The number of aliphatic hydroxyl groups excluding tert-OH is 1. The van der Waals surface area contributed by atoms with Gasteiger partial charge in [0.15, 0.2) is 0 Å². The molecular formula is C18H20F3NO4. The minimum absolute atomic E-state index is 0.0307. The van der Waals surface area contributed by atoms with Crippen molar-refractivity contribution in [3.63, 3.8) is 0 Å². The van der Waals surface area contributed by atoms with E-state index < -0.39 is 35.3 Å². The van der Waals surface area contributed by atoms with Gasteiger partial charge in [-0.2, -0.15) is 13.2 Å². The first-order valence-corrected chi connectivity index (χ1v) is 7.97. The molecule has 0 fully saturated rings. The Morgan fingerprint density at radius 2 is 2.12 bits per heavy atom. The summed E-state index contributed by atoms with van der Waals surface area (Å²) in [6.45, 7) is 1.31. The highest BCUT2D eigenvalue weighted by atomic mass is 19.4. The van der Waals surface area contributed by atoms with E-state index in [0.29, 0.717) is 0 Å². The van der Waals surface area contributed by atoms with Gasteiger partial charge in [-0.3, -0.25) is 4.79 Å². The van der Waals surface area contributed by atoms with Crippen molar-refractivity contribution in [2.75, 3.05) is 18.5 Å². The summed E-state index contributed by atoms with van der Waals surface area (Å²) in [5, 5.41) is 21.5. The van der Waals surface area contributed by atoms with E-state index in [0.717, 1.165) is 12.1 Å². The Kier molecular flexibility index (Phi) is 6.09. The van der Waals surface area contributed by atoms with Crippen molar-refractivity contribution >= 4 is 11.7 Å². The fourth-order valence-electron chi connectivity index (χ4n) is 2.94. The molecule has 8 heteroatoms. The lowest BCUT2D eigenvalue weighted by molar-refractivity contribution is -0.143. The van der Waals surface area contributed by atoms with Crippen LogP contribution in [0.5, 0.6) is 0 Å². The zero-order chi connectivity index (χ0) is 19.4. The summed E-state index contributed by atoms with van der Waals surface area (Å²) in [7, 11) is 0. The number of hydrogen-bond acceptors (Lipinski definition) is 4. The van der Waals surface area contributed by atoms with Crippen molar-refractivity contribution in [2.45, 2.75) is 24.7 Å². The predicted octanol–water partition coefficient (Wildman–Crippen LogP) is 3.08. The molecule has 0 spiro atoms. The topological polar surface area (TPSA) is 78.8 Å². The Balaban J connectivity index is 2.44. The molecule has 26 heavy (non-hydrogen) atoms. The number of carbonyl (C=O) groups is 1. The Morgan fingerprint density at radius 3 is 2.73 bits per heavy atom. The van der Waals surface area contributed by atoms with Crippen LogP contribution in [-0.2, 0) is 15.7 Å². The number of nitrogens with one attached hydrogen (secondary N) is 1. The summed E-state index contributed by atoms with van der Waals surface area (Å²) in [6.07, 6.45) is 0.919. The van der Waals surface area contributed by atoms with E-state index in [1.54, 1.807) is 25.2 Å². The Labute approximate surface area is 148 Å². The molecule has 0 aliphatic heterocycles. The summed E-state index contributed by atoms with van der Waals surface area (Å²) in [6, 6.07) is 4.54. The number of hydrogen-bond donors (Lipinski definition) is 3. The molecule has 1 aliphatic rings. The van der Waals surface area contributed by atoms with Gasteiger partial charge in [-0.05, 0) is 25.1 Å². The average molecular weight is 371 g/mol. The molecule has 0 heterocycles. The molecule has 142 valence electrons. The van der Waals surface area contributed by atoms with Crippen molar-refractivity contribution < 1.29 is 32.9 Å². The fourth-order valence-corrected chi connectivity index (χ4v) is 2.94. The maximum Gasteiger partial charge on any atom is 0.416 e. The van der Waals surface area contributed by atoms with Crippen molar-refractivity contribution in [1.82, 2.24) is 0 Å². The molecule has 0 bridgehead atoms. The predicted molar refractivity (Wildman–Crippen MR) is 89.7 cm³/mol. The lowest BCUT2D eigenvalue weighted by Crippen LogP contribution is -2.56. The first-order valence-electron chi connectivity index (χ1n) is 7.97. The number of carboxylic acid groups (broad SMARTS) is 1. The van der Waals surface area contributed by atoms with E-state index in [9.17, 15) is 23.1 Å². The zero-order valence-electron chi connectivity index (χ0n) is 14.0. The highest BCUT2D eigenvalue weighted by molar-refractivity contribution is 5.77. The second-order valence-corrected chi connectivity index (χ2v) is 5.93. The largest absolute Gasteiger partial charge is 0.481 e. The van der Waals surface area contributed by atoms with Crippen LogP contribution >= 0.6 is 0 Å². The van der Waals surface area contributed by atoms with E-state index in [-0.39, 0.29) is 18.9 Å². The number of alkyl halides is 3. The molecule has 1 aromatic rings. The Hall–Kier alpha value is -2.32. The molecule has 0 saturated carbocycles. The van der Waals surface area contributed by atoms with Gasteiger partial charge < -0.3 is 20.3 Å². The zero-order valence-corrected chi connectivity index (χ0v) is 14.0. The second kappa shape index (κ2) is 7.92. The Bertz CT molecular complexity index is 702. The summed E-state index contributed by atoms with van der Waals surface area (Å²) in [5.41, 5.74) is -2.05. The van der Waals surface area contributed by atoms with E-state index in [1.807, 2.05) is 0 Å². The minimum Gasteiger partial charge on any atom is -0.481 e. The normalized spacial score (nSPS) is 23.7. The van der Waals surface area contributed by atoms with Gasteiger partial charge in [-0.1, -0.05) is 30.4 Å². The van der Waals surface area contributed by atoms with Gasteiger partial charge >= 0.3 is 12.1 Å². The highest BCUT2D eigenvalue weighted by Gasteiger charge is 2.46. The van der Waals surface area contributed by atoms with E-state index >= 15 is 0 Å². The van der Waals surface area contributed by atoms with E-state index in [4.69, 9.17) is 9.84 Å². The van der Waals surface area contributed by atoms with Crippen LogP contribution in [0.1, 0.15) is 12.5 Å². The van der Waals surface area contributed by atoms with Crippen LogP contribution in [0.25, 0.3) is 0 Å². The van der Waals surface area contributed by atoms with Crippen molar-refractivity contribution in [1.29, 1.82) is 0 Å². The van der Waals surface area contributed by atoms with Crippen LogP contribution in [0, 0.1) is 5.92 Å². The quantitative estimate of drug-likeness (QED) is 0.687. The third kappa shape index (κ3) is 4.25. The minimum atomic E-state index is -4.52. The number of ether oxygens (including phenoxy) is 1. The number of anilines is 1. The fraction of sp³-hybridized carbons (Fsp3) is 0.389. The molecule has 3 N–H and O–H groups in total. The van der Waals surface area contributed by atoms with Crippen LogP contribution < -0.4 is 5.32 Å². The lowest BCUT2D eigenvalue weighted by Gasteiger charge is -2.42. The third-order valence-corrected chi connectivity index (χ3v) is 4.25. The molecule has 3 atom stereocenters. The first-order chi connectivity index (χ1) is 12.2. The molecule has 0 aromatic heterocycles. The highest BCUT2D eigenvalue weighted by Crippen LogP contribution is 2.36. The summed E-state index contributed by atoms with van der Waals surface area (Å²) in [5.74, 6) is -2.22. The number of carboxylic acids is 1. The maximum absolute atomic E-state index is 13.0. The van der Waals surface area contributed by atoms with Crippen molar-refractivity contribution in [3.8, 4) is 0 Å². The molecule has 3 unspecified atom stereocenters. The summed E-state index contributed by atoms with van der Waals surface area (Å²) in [4.78, 5) is 11.8. The molecule has 1 aromatic carbocycles. The number of halogens is 3. The first kappa shape index (κ1) is 20.0. The molecular weight excluding hydrogens is 351 g/mol. The molecule has 5 nitrogen and oxygen atoms in total. The van der Waals surface area contributed by atoms with E-state index in [2.05, 4.69) is 5.32 Å². The van der Waals surface area contributed by atoms with Crippen molar-refractivity contribution in [3.05, 3.63) is 54.1 Å². The molecule has 1 aliphatic carbocycles. The van der Waals surface area contributed by atoms with Crippen LogP contribution in [0.3, 0.4) is 0 Å². The van der Waals surface area contributed by atoms with Gasteiger partial charge in [0.2, 0.25) is 0 Å². The van der Waals surface area contributed by atoms with Crippen LogP contribution in [0.15, 0.2) is 48.6 Å². The Morgan fingerprint density at radius 1 is 1.38 bits per heavy atom.